The summed E-state index contributed by atoms with van der Waals surface area (Å²) in [5, 5.41) is 2.87. The van der Waals surface area contributed by atoms with Crippen LogP contribution < -0.4 is 5.43 Å². The summed E-state index contributed by atoms with van der Waals surface area (Å²) in [6.45, 7) is 3.07. The molecule has 7 heteroatoms. The predicted octanol–water partition coefficient (Wildman–Crippen LogP) is 1.13. The number of carbonyl (C=O) groups excluding carboxylic acids is 1. The predicted molar refractivity (Wildman–Crippen MR) is 55.9 cm³/mol. The molecule has 0 spiro atoms. The van der Waals surface area contributed by atoms with E-state index >= 15 is 0 Å². The number of carbonyl (C=O) groups is 1. The molecule has 1 N–H and O–H groups in total. The topological polar surface area (TPSA) is 77.0 Å². The summed E-state index contributed by atoms with van der Waals surface area (Å²) in [5.41, 5.74) is 3.01. The number of hydrogen-bond donors (Lipinski definition) is 1. The Morgan fingerprint density at radius 2 is 2.07 bits per heavy atom. The van der Waals surface area contributed by atoms with Crippen LogP contribution >= 0.6 is 7.60 Å². The number of ketones is 1. The van der Waals surface area contributed by atoms with Gasteiger partial charge in [-0.3, -0.25) is 14.8 Å². The van der Waals surface area contributed by atoms with Crippen molar-refractivity contribution in [3.05, 3.63) is 0 Å². The normalized spacial score (nSPS) is 26.0. The Kier molecular flexibility index (Phi) is 3.33. The van der Waals surface area contributed by atoms with E-state index < -0.39 is 12.9 Å². The molecule has 1 heterocycles. The van der Waals surface area contributed by atoms with E-state index in [1.165, 1.54) is 21.1 Å². The van der Waals surface area contributed by atoms with Crippen molar-refractivity contribution in [2.24, 2.45) is 5.10 Å². The number of nitrogens with one attached hydrogen (secondary N) is 1. The maximum atomic E-state index is 12.2. The quantitative estimate of drug-likeness (QED) is 0.738. The van der Waals surface area contributed by atoms with Gasteiger partial charge in [-0.1, -0.05) is 0 Å². The van der Waals surface area contributed by atoms with Crippen molar-refractivity contribution >= 4 is 19.1 Å². The molecule has 0 saturated carbocycles. The molecule has 0 radical (unpaired) electrons. The molecule has 0 aromatic rings. The lowest BCUT2D eigenvalue weighted by Gasteiger charge is -2.29. The number of nitrogens with zero attached hydrogens (tertiary/aromatic N) is 1. The molecule has 0 amide bonds. The third kappa shape index (κ3) is 1.97. The molecule has 1 aliphatic rings. The van der Waals surface area contributed by atoms with Gasteiger partial charge in [-0.05, 0) is 6.92 Å². The van der Waals surface area contributed by atoms with E-state index in [4.69, 9.17) is 9.05 Å². The highest BCUT2D eigenvalue weighted by molar-refractivity contribution is 7.55. The number of rotatable bonds is 4. The van der Waals surface area contributed by atoms with E-state index in [1.807, 2.05) is 0 Å². The summed E-state index contributed by atoms with van der Waals surface area (Å²) in [6.07, 6.45) is 0.237. The molecule has 0 saturated heterocycles. The van der Waals surface area contributed by atoms with Gasteiger partial charge in [0, 0.05) is 27.6 Å². The zero-order chi connectivity index (χ0) is 11.7. The van der Waals surface area contributed by atoms with Crippen LogP contribution in [0.5, 0.6) is 0 Å². The van der Waals surface area contributed by atoms with Gasteiger partial charge in [-0.15, -0.1) is 0 Å². The van der Waals surface area contributed by atoms with Crippen molar-refractivity contribution in [1.82, 2.24) is 5.43 Å². The van der Waals surface area contributed by atoms with E-state index in [0.717, 1.165) is 0 Å². The first-order chi connectivity index (χ1) is 6.88. The van der Waals surface area contributed by atoms with E-state index in [9.17, 15) is 9.36 Å². The van der Waals surface area contributed by atoms with E-state index in [-0.39, 0.29) is 12.2 Å². The van der Waals surface area contributed by atoms with Gasteiger partial charge < -0.3 is 9.05 Å². The van der Waals surface area contributed by atoms with Crippen LogP contribution in [0.1, 0.15) is 20.3 Å². The fourth-order valence-corrected chi connectivity index (χ4v) is 2.90. The van der Waals surface area contributed by atoms with Crippen molar-refractivity contribution in [3.63, 3.8) is 0 Å². The van der Waals surface area contributed by atoms with Gasteiger partial charge in [0.2, 0.25) is 0 Å². The zero-order valence-corrected chi connectivity index (χ0v) is 10.1. The third-order valence-electron chi connectivity index (χ3n) is 2.43. The van der Waals surface area contributed by atoms with Crippen LogP contribution in [0.2, 0.25) is 0 Å². The fourth-order valence-electron chi connectivity index (χ4n) is 1.43. The lowest BCUT2D eigenvalue weighted by atomic mass is 10.1. The van der Waals surface area contributed by atoms with Gasteiger partial charge >= 0.3 is 7.60 Å². The Hall–Kier alpha value is -0.710. The minimum atomic E-state index is -3.30. The average molecular weight is 234 g/mol. The maximum Gasteiger partial charge on any atom is 0.356 e. The van der Waals surface area contributed by atoms with Gasteiger partial charge in [0.1, 0.15) is 5.71 Å². The van der Waals surface area contributed by atoms with E-state index in [0.29, 0.717) is 5.71 Å². The second-order valence-electron chi connectivity index (χ2n) is 3.54. The summed E-state index contributed by atoms with van der Waals surface area (Å²) in [4.78, 5) is 11.1. The van der Waals surface area contributed by atoms with Gasteiger partial charge in [0.25, 0.3) is 0 Å². The van der Waals surface area contributed by atoms with Crippen molar-refractivity contribution in [2.75, 3.05) is 14.2 Å². The number of hydrazone groups is 1. The molecule has 0 fully saturated rings. The zero-order valence-electron chi connectivity index (χ0n) is 9.23. The Morgan fingerprint density at radius 1 is 1.53 bits per heavy atom. The van der Waals surface area contributed by atoms with Crippen LogP contribution in [-0.4, -0.2) is 31.0 Å². The van der Waals surface area contributed by atoms with Gasteiger partial charge in [0.05, 0.1) is 0 Å². The molecule has 1 aliphatic heterocycles. The van der Waals surface area contributed by atoms with Gasteiger partial charge in [-0.2, -0.15) is 5.10 Å². The highest BCUT2D eigenvalue weighted by Gasteiger charge is 2.50. The fraction of sp³-hybridized carbons (Fsp3) is 0.750. The van der Waals surface area contributed by atoms with Crippen LogP contribution in [0.3, 0.4) is 0 Å². The number of Topliss-reactive ketones (excluding diaryl/α,β-unsaturated/α-hetero) is 1. The van der Waals surface area contributed by atoms with Crippen LogP contribution in [0.15, 0.2) is 5.10 Å². The Labute approximate surface area is 88.6 Å². The van der Waals surface area contributed by atoms with Crippen LogP contribution in [0, 0.1) is 0 Å². The van der Waals surface area contributed by atoms with Crippen LogP contribution in [0.4, 0.5) is 0 Å². The summed E-state index contributed by atoms with van der Waals surface area (Å²) in [5.74, 6) is -0.148. The Balaban J connectivity index is 2.91. The molecule has 1 atom stereocenters. The smallest absolute Gasteiger partial charge is 0.310 e. The molecular weight excluding hydrogens is 219 g/mol. The summed E-state index contributed by atoms with van der Waals surface area (Å²) >= 11 is 0. The first kappa shape index (κ1) is 12.4. The van der Waals surface area contributed by atoms with Gasteiger partial charge in [-0.25, -0.2) is 0 Å². The second-order valence-corrected chi connectivity index (χ2v) is 6.25. The van der Waals surface area contributed by atoms with Crippen molar-refractivity contribution < 1.29 is 18.4 Å². The molecule has 0 bridgehead atoms. The molecule has 0 aromatic carbocycles. The van der Waals surface area contributed by atoms with Crippen LogP contribution in [-0.2, 0) is 18.4 Å². The highest BCUT2D eigenvalue weighted by Crippen LogP contribution is 2.60. The summed E-state index contributed by atoms with van der Waals surface area (Å²) in [6, 6.07) is 0. The largest absolute Gasteiger partial charge is 0.356 e. The third-order valence-corrected chi connectivity index (χ3v) is 4.86. The van der Waals surface area contributed by atoms with Gasteiger partial charge in [0.15, 0.2) is 11.1 Å². The highest BCUT2D eigenvalue weighted by atomic mass is 31.2. The minimum absolute atomic E-state index is 0.148. The minimum Gasteiger partial charge on any atom is -0.310 e. The van der Waals surface area contributed by atoms with Crippen molar-refractivity contribution in [2.45, 2.75) is 25.5 Å². The molecule has 0 aromatic heterocycles. The summed E-state index contributed by atoms with van der Waals surface area (Å²) in [7, 11) is -0.679. The second kappa shape index (κ2) is 4.04. The van der Waals surface area contributed by atoms with Crippen LogP contribution in [0.25, 0.3) is 0 Å². The lowest BCUT2D eigenvalue weighted by molar-refractivity contribution is -0.111. The summed E-state index contributed by atoms with van der Waals surface area (Å²) < 4.78 is 21.9. The molecule has 1 unspecified atom stereocenters. The van der Waals surface area contributed by atoms with E-state index in [2.05, 4.69) is 10.5 Å². The van der Waals surface area contributed by atoms with Crippen molar-refractivity contribution in [3.8, 4) is 0 Å². The molecule has 86 valence electrons. The van der Waals surface area contributed by atoms with Crippen molar-refractivity contribution in [1.29, 1.82) is 0 Å². The first-order valence-electron chi connectivity index (χ1n) is 4.45. The molecular formula is C8H15N2O4P. The Bertz CT molecular complexity index is 347. The standard InChI is InChI=1S/C8H15N2O4P/c1-6(11)7-5-8(2,10-9-7)15(12,13-3)14-4/h10H,5H2,1-4H3. The SMILES string of the molecule is COP(=O)(OC)C1(C)CC(C(C)=O)=NN1. The first-order valence-corrected chi connectivity index (χ1v) is 5.99. The molecule has 15 heavy (non-hydrogen) atoms. The number of hydrogen-bond acceptors (Lipinski definition) is 6. The lowest BCUT2D eigenvalue weighted by Crippen LogP contribution is -2.36. The Morgan fingerprint density at radius 3 is 2.40 bits per heavy atom. The molecule has 1 rings (SSSR count). The maximum absolute atomic E-state index is 12.2. The van der Waals surface area contributed by atoms with E-state index in [1.54, 1.807) is 6.92 Å². The monoisotopic (exact) mass is 234 g/mol. The average Bonchev–Trinajstić information content (AvgIpc) is 2.61. The molecule has 0 aliphatic carbocycles. The molecule has 6 nitrogen and oxygen atoms in total.